The first kappa shape index (κ1) is 29.1. The van der Waals surface area contributed by atoms with E-state index in [4.69, 9.17) is 26.7 Å². The van der Waals surface area contributed by atoms with Crippen molar-refractivity contribution < 1.29 is 9.53 Å². The molecule has 1 atom stereocenters. The smallest absolute Gasteiger partial charge is 0.289 e. The molecular formula is C33H37BrClN5O2. The van der Waals surface area contributed by atoms with Gasteiger partial charge in [0.2, 0.25) is 5.91 Å². The summed E-state index contributed by atoms with van der Waals surface area (Å²) in [5.41, 5.74) is 4.96. The lowest BCUT2D eigenvalue weighted by Gasteiger charge is -2.38. The van der Waals surface area contributed by atoms with Gasteiger partial charge in [0, 0.05) is 41.2 Å². The Hall–Kier alpha value is -2.94. The van der Waals surface area contributed by atoms with Crippen molar-refractivity contribution in [1.82, 2.24) is 20.1 Å². The molecule has 1 unspecified atom stereocenters. The molecule has 3 heterocycles. The second kappa shape index (κ2) is 13.1. The molecule has 0 bridgehead atoms. The highest BCUT2D eigenvalue weighted by Gasteiger charge is 2.34. The molecule has 1 aliphatic carbocycles. The molecule has 9 heteroatoms. The number of nitrogens with zero attached hydrogens (tertiary/aromatic N) is 3. The molecule has 2 fully saturated rings. The van der Waals surface area contributed by atoms with Crippen molar-refractivity contribution in [3.63, 3.8) is 0 Å². The number of aryl methyl sites for hydroxylation is 2. The van der Waals surface area contributed by atoms with Crippen molar-refractivity contribution in [1.29, 1.82) is 5.41 Å². The second-order valence-electron chi connectivity index (χ2n) is 11.6. The molecule has 7 nitrogen and oxygen atoms in total. The van der Waals surface area contributed by atoms with Gasteiger partial charge in [0.05, 0.1) is 11.7 Å². The maximum Gasteiger partial charge on any atom is 0.289 e. The average Bonchev–Trinajstić information content (AvgIpc) is 3.17. The summed E-state index contributed by atoms with van der Waals surface area (Å²) in [6.07, 6.45) is 7.32. The largest absolute Gasteiger partial charge is 0.426 e. The number of para-hydroxylation sites is 1. The first-order valence-electron chi connectivity index (χ1n) is 15.0. The summed E-state index contributed by atoms with van der Waals surface area (Å²) in [6.45, 7) is 3.94. The van der Waals surface area contributed by atoms with E-state index in [1.165, 1.54) is 16.7 Å². The minimum absolute atomic E-state index is 0.0293. The van der Waals surface area contributed by atoms with E-state index in [-0.39, 0.29) is 23.9 Å². The lowest BCUT2D eigenvalue weighted by Crippen LogP contribution is -2.45. The van der Waals surface area contributed by atoms with Gasteiger partial charge in [0.15, 0.2) is 0 Å². The van der Waals surface area contributed by atoms with Gasteiger partial charge >= 0.3 is 0 Å². The highest BCUT2D eigenvalue weighted by molar-refractivity contribution is 9.10. The number of hydrogen-bond acceptors (Lipinski definition) is 5. The number of fused-ring (bicyclic) bond motifs is 2. The van der Waals surface area contributed by atoms with E-state index in [2.05, 4.69) is 44.3 Å². The molecule has 1 amide bonds. The highest BCUT2D eigenvalue weighted by Crippen LogP contribution is 2.39. The van der Waals surface area contributed by atoms with Crippen molar-refractivity contribution >= 4 is 39.5 Å². The van der Waals surface area contributed by atoms with Crippen LogP contribution in [-0.4, -0.2) is 59.4 Å². The molecule has 2 aromatic carbocycles. The number of ether oxygens (including phenoxy) is 1. The van der Waals surface area contributed by atoms with Gasteiger partial charge in [0.1, 0.15) is 5.75 Å². The highest BCUT2D eigenvalue weighted by atomic mass is 79.9. The molecule has 3 aromatic rings. The molecule has 220 valence electrons. The van der Waals surface area contributed by atoms with Crippen molar-refractivity contribution in [2.24, 2.45) is 11.8 Å². The maximum atomic E-state index is 13.2. The van der Waals surface area contributed by atoms with Gasteiger partial charge in [0.25, 0.3) is 6.02 Å². The minimum atomic E-state index is 0.0293. The summed E-state index contributed by atoms with van der Waals surface area (Å²) < 4.78 is 6.70. The molecule has 0 saturated carbocycles. The Labute approximate surface area is 261 Å². The van der Waals surface area contributed by atoms with Gasteiger partial charge in [-0.1, -0.05) is 35.9 Å². The number of halogens is 2. The fourth-order valence-corrected chi connectivity index (χ4v) is 7.17. The quantitative estimate of drug-likeness (QED) is 0.253. The molecule has 0 radical (unpaired) electrons. The lowest BCUT2D eigenvalue weighted by molar-refractivity contribution is -0.126. The number of carbonyl (C=O) groups excluding carboxylic acids is 1. The molecule has 2 saturated heterocycles. The van der Waals surface area contributed by atoms with E-state index in [0.29, 0.717) is 18.2 Å². The number of amides is 1. The number of rotatable bonds is 5. The Bertz CT molecular complexity index is 1370. The zero-order valence-corrected chi connectivity index (χ0v) is 26.0. The molecule has 3 aliphatic rings. The summed E-state index contributed by atoms with van der Waals surface area (Å²) in [7, 11) is 0. The third-order valence-corrected chi connectivity index (χ3v) is 9.65. The molecule has 6 rings (SSSR count). The van der Waals surface area contributed by atoms with Crippen LogP contribution in [0.3, 0.4) is 0 Å². The van der Waals surface area contributed by atoms with E-state index in [0.717, 1.165) is 79.9 Å². The normalized spacial score (nSPS) is 19.9. The first-order valence-corrected chi connectivity index (χ1v) is 16.1. The van der Waals surface area contributed by atoms with Gasteiger partial charge in [-0.2, -0.15) is 0 Å². The fraction of sp³-hybridized carbons (Fsp3) is 0.424. The number of amidine groups is 1. The zero-order chi connectivity index (χ0) is 29.1. The van der Waals surface area contributed by atoms with Crippen LogP contribution in [0.5, 0.6) is 5.75 Å². The lowest BCUT2D eigenvalue weighted by atomic mass is 9.90. The van der Waals surface area contributed by atoms with Crippen LogP contribution in [0.4, 0.5) is 0 Å². The van der Waals surface area contributed by atoms with Crippen LogP contribution in [0.25, 0.3) is 0 Å². The van der Waals surface area contributed by atoms with E-state index in [1.807, 2.05) is 47.5 Å². The van der Waals surface area contributed by atoms with Gasteiger partial charge in [-0.15, -0.1) is 0 Å². The molecule has 2 aliphatic heterocycles. The van der Waals surface area contributed by atoms with E-state index < -0.39 is 0 Å². The number of hydrogen-bond donors (Lipinski definition) is 2. The maximum absolute atomic E-state index is 13.2. The van der Waals surface area contributed by atoms with E-state index in [9.17, 15) is 4.79 Å². The van der Waals surface area contributed by atoms with Crippen molar-refractivity contribution in [3.8, 4) is 5.75 Å². The van der Waals surface area contributed by atoms with E-state index in [1.54, 1.807) is 0 Å². The zero-order valence-electron chi connectivity index (χ0n) is 23.7. The molecule has 0 spiro atoms. The van der Waals surface area contributed by atoms with Gasteiger partial charge < -0.3 is 15.0 Å². The van der Waals surface area contributed by atoms with Crippen LogP contribution in [0.15, 0.2) is 65.3 Å². The number of aromatic nitrogens is 1. The predicted octanol–water partition coefficient (Wildman–Crippen LogP) is 6.24. The van der Waals surface area contributed by atoms with Crippen LogP contribution >= 0.6 is 27.5 Å². The third-order valence-electron chi connectivity index (χ3n) is 8.98. The molecule has 2 N–H and O–H groups in total. The monoisotopic (exact) mass is 649 g/mol. The van der Waals surface area contributed by atoms with Crippen LogP contribution in [-0.2, 0) is 17.6 Å². The molecule has 1 aromatic heterocycles. The van der Waals surface area contributed by atoms with Gasteiger partial charge in [-0.25, -0.2) is 0 Å². The predicted molar refractivity (Wildman–Crippen MR) is 169 cm³/mol. The Morgan fingerprint density at radius 1 is 1.00 bits per heavy atom. The van der Waals surface area contributed by atoms with Gasteiger partial charge in [-0.05, 0) is 120 Å². The number of piperidine rings is 2. The minimum Gasteiger partial charge on any atom is -0.426 e. The van der Waals surface area contributed by atoms with Crippen LogP contribution in [0, 0.1) is 17.2 Å². The van der Waals surface area contributed by atoms with Gasteiger partial charge in [-0.3, -0.25) is 20.1 Å². The third kappa shape index (κ3) is 6.66. The standard InChI is InChI=1S/C33H37BrClN5O2/c34-26-18-25-7-6-24-19-27(35)8-9-29(24)31(30(25)37-21-26)39-16-12-23(13-17-39)32(41)38-20-22-10-14-40(15-11-22)33(36)42-28-4-2-1-3-5-28/h1-5,8-9,18-19,21-23,31,36H,6-7,10-17,20H2,(H,38,41). The van der Waals surface area contributed by atoms with E-state index >= 15 is 0 Å². The summed E-state index contributed by atoms with van der Waals surface area (Å²) in [5.74, 6) is 1.31. The number of nitrogens with one attached hydrogen (secondary N) is 2. The van der Waals surface area contributed by atoms with Crippen molar-refractivity contribution in [2.75, 3.05) is 32.7 Å². The number of carbonyl (C=O) groups is 1. The SMILES string of the molecule is N=C(Oc1ccccc1)N1CCC(CNC(=O)C2CCN(C3c4ccc(Cl)cc4CCc4cc(Br)cnc43)CC2)CC1. The van der Waals surface area contributed by atoms with Crippen LogP contribution < -0.4 is 10.1 Å². The summed E-state index contributed by atoms with van der Waals surface area (Å²) >= 11 is 10.00. The summed E-state index contributed by atoms with van der Waals surface area (Å²) in [4.78, 5) is 22.6. The van der Waals surface area contributed by atoms with Crippen molar-refractivity contribution in [3.05, 3.63) is 92.7 Å². The fourth-order valence-electron chi connectivity index (χ4n) is 6.60. The summed E-state index contributed by atoms with van der Waals surface area (Å²) in [6, 6.07) is 18.2. The van der Waals surface area contributed by atoms with Crippen LogP contribution in [0.1, 0.15) is 54.1 Å². The Kier molecular flexibility index (Phi) is 9.12. The van der Waals surface area contributed by atoms with Crippen LogP contribution in [0.2, 0.25) is 5.02 Å². The Morgan fingerprint density at radius 3 is 2.50 bits per heavy atom. The number of pyridine rings is 1. The summed E-state index contributed by atoms with van der Waals surface area (Å²) in [5, 5.41) is 12.3. The number of likely N-dealkylation sites (tertiary alicyclic amines) is 2. The number of benzene rings is 2. The van der Waals surface area contributed by atoms with Crippen molar-refractivity contribution in [2.45, 2.75) is 44.6 Å². The topological polar surface area (TPSA) is 81.5 Å². The average molecular weight is 651 g/mol. The second-order valence-corrected chi connectivity index (χ2v) is 13.0. The Morgan fingerprint density at radius 2 is 1.74 bits per heavy atom. The first-order chi connectivity index (χ1) is 20.4. The molecular weight excluding hydrogens is 614 g/mol. The Balaban J connectivity index is 1.01. The molecule has 42 heavy (non-hydrogen) atoms.